The first-order valence-corrected chi connectivity index (χ1v) is 10.5. The Labute approximate surface area is 188 Å². The van der Waals surface area contributed by atoms with E-state index in [4.69, 9.17) is 4.74 Å². The van der Waals surface area contributed by atoms with Gasteiger partial charge in [0.1, 0.15) is 12.4 Å². The maximum Gasteiger partial charge on any atom is 0.254 e. The molecule has 0 radical (unpaired) electrons. The van der Waals surface area contributed by atoms with Crippen LogP contribution in [0, 0.1) is 6.92 Å². The highest BCUT2D eigenvalue weighted by Gasteiger charge is 2.17. The minimum absolute atomic E-state index is 0.0633. The van der Waals surface area contributed by atoms with Crippen LogP contribution in [0.4, 0.5) is 0 Å². The molecular formula is C27H25N3O2. The molecule has 2 aromatic carbocycles. The Morgan fingerprint density at radius 2 is 1.59 bits per heavy atom. The van der Waals surface area contributed by atoms with Crippen molar-refractivity contribution in [2.45, 2.75) is 26.6 Å². The summed E-state index contributed by atoms with van der Waals surface area (Å²) in [6, 6.07) is 23.3. The maximum absolute atomic E-state index is 13.5. The molecule has 0 aliphatic carbocycles. The lowest BCUT2D eigenvalue weighted by atomic mass is 10.1. The fourth-order valence-electron chi connectivity index (χ4n) is 3.49. The standard InChI is InChI=1S/C27H25N3O2/c1-21-5-2-6-23(15-21)20-32-26-9-3-8-25(16-26)27(31)30(18-22-10-13-28-14-11-22)19-24-7-4-12-29-17-24/h2-17H,18-20H2,1H3. The number of carbonyl (C=O) groups excluding carboxylic acids is 1. The van der Waals surface area contributed by atoms with Crippen LogP contribution in [0.2, 0.25) is 0 Å². The van der Waals surface area contributed by atoms with Gasteiger partial charge in [0.05, 0.1) is 0 Å². The van der Waals surface area contributed by atoms with Gasteiger partial charge in [-0.15, -0.1) is 0 Å². The van der Waals surface area contributed by atoms with Crippen LogP contribution >= 0.6 is 0 Å². The number of carbonyl (C=O) groups is 1. The van der Waals surface area contributed by atoms with Crippen molar-refractivity contribution >= 4 is 5.91 Å². The Hall–Kier alpha value is -3.99. The molecule has 0 bridgehead atoms. The van der Waals surface area contributed by atoms with Crippen molar-refractivity contribution in [3.8, 4) is 5.75 Å². The molecule has 1 amide bonds. The van der Waals surface area contributed by atoms with Crippen LogP contribution in [0.3, 0.4) is 0 Å². The lowest BCUT2D eigenvalue weighted by Gasteiger charge is -2.23. The molecule has 4 aromatic rings. The second kappa shape index (κ2) is 10.4. The number of benzene rings is 2. The summed E-state index contributed by atoms with van der Waals surface area (Å²) in [7, 11) is 0. The van der Waals surface area contributed by atoms with Crippen molar-refractivity contribution in [2.75, 3.05) is 0 Å². The smallest absolute Gasteiger partial charge is 0.254 e. The number of aromatic nitrogens is 2. The Morgan fingerprint density at radius 3 is 2.38 bits per heavy atom. The summed E-state index contributed by atoms with van der Waals surface area (Å²) in [5, 5.41) is 0. The zero-order chi connectivity index (χ0) is 22.2. The number of pyridine rings is 2. The topological polar surface area (TPSA) is 55.3 Å². The molecule has 5 nitrogen and oxygen atoms in total. The van der Waals surface area contributed by atoms with Gasteiger partial charge in [-0.3, -0.25) is 14.8 Å². The van der Waals surface area contributed by atoms with Crippen molar-refractivity contribution in [3.63, 3.8) is 0 Å². The summed E-state index contributed by atoms with van der Waals surface area (Å²) in [4.78, 5) is 23.5. The average molecular weight is 424 g/mol. The van der Waals surface area contributed by atoms with Crippen molar-refractivity contribution in [2.24, 2.45) is 0 Å². The predicted molar refractivity (Wildman–Crippen MR) is 124 cm³/mol. The molecule has 0 atom stereocenters. The van der Waals surface area contributed by atoms with E-state index in [0.29, 0.717) is 31.0 Å². The lowest BCUT2D eigenvalue weighted by molar-refractivity contribution is 0.0729. The van der Waals surface area contributed by atoms with Crippen LogP contribution in [0.25, 0.3) is 0 Å². The monoisotopic (exact) mass is 423 g/mol. The Morgan fingerprint density at radius 1 is 0.812 bits per heavy atom. The van der Waals surface area contributed by atoms with Gasteiger partial charge in [0.15, 0.2) is 0 Å². The fourth-order valence-corrected chi connectivity index (χ4v) is 3.49. The van der Waals surface area contributed by atoms with E-state index < -0.39 is 0 Å². The molecule has 160 valence electrons. The predicted octanol–water partition coefficient (Wildman–Crippen LogP) is 5.21. The zero-order valence-corrected chi connectivity index (χ0v) is 18.0. The second-order valence-electron chi connectivity index (χ2n) is 7.68. The summed E-state index contributed by atoms with van der Waals surface area (Å²) < 4.78 is 5.97. The van der Waals surface area contributed by atoms with Crippen molar-refractivity contribution in [1.82, 2.24) is 14.9 Å². The van der Waals surface area contributed by atoms with Crippen molar-refractivity contribution < 1.29 is 9.53 Å². The number of amides is 1. The first kappa shape index (κ1) is 21.2. The van der Waals surface area contributed by atoms with Crippen LogP contribution in [0.1, 0.15) is 32.6 Å². The molecule has 5 heteroatoms. The zero-order valence-electron chi connectivity index (χ0n) is 18.0. The molecule has 0 aliphatic rings. The lowest BCUT2D eigenvalue weighted by Crippen LogP contribution is -2.30. The van der Waals surface area contributed by atoms with Crippen molar-refractivity contribution in [1.29, 1.82) is 0 Å². The highest BCUT2D eigenvalue weighted by atomic mass is 16.5. The first-order chi connectivity index (χ1) is 15.7. The van der Waals surface area contributed by atoms with Gasteiger partial charge in [0.2, 0.25) is 0 Å². The molecule has 0 spiro atoms. The molecule has 0 N–H and O–H groups in total. The Kier molecular flexibility index (Phi) is 6.88. The largest absolute Gasteiger partial charge is 0.489 e. The summed E-state index contributed by atoms with van der Waals surface area (Å²) in [5.41, 5.74) is 4.87. The molecule has 0 aliphatic heterocycles. The Balaban J connectivity index is 1.52. The third-order valence-electron chi connectivity index (χ3n) is 5.08. The minimum Gasteiger partial charge on any atom is -0.489 e. The van der Waals surface area contributed by atoms with Gasteiger partial charge >= 0.3 is 0 Å². The van der Waals surface area contributed by atoms with Gasteiger partial charge in [-0.2, -0.15) is 0 Å². The van der Waals surface area contributed by atoms with E-state index in [9.17, 15) is 4.79 Å². The maximum atomic E-state index is 13.5. The Bertz CT molecular complexity index is 1120. The average Bonchev–Trinajstić information content (AvgIpc) is 2.83. The molecule has 4 rings (SSSR count). The van der Waals surface area contributed by atoms with E-state index in [1.165, 1.54) is 5.56 Å². The van der Waals surface area contributed by atoms with Crippen LogP contribution in [-0.2, 0) is 19.7 Å². The highest BCUT2D eigenvalue weighted by molar-refractivity contribution is 5.94. The second-order valence-corrected chi connectivity index (χ2v) is 7.68. The summed E-state index contributed by atoms with van der Waals surface area (Å²) >= 11 is 0. The van der Waals surface area contributed by atoms with E-state index in [1.54, 1.807) is 30.9 Å². The number of nitrogens with zero attached hydrogens (tertiary/aromatic N) is 3. The minimum atomic E-state index is -0.0633. The SMILES string of the molecule is Cc1cccc(COc2cccc(C(=O)N(Cc3ccncc3)Cc3cccnc3)c2)c1. The fraction of sp³-hybridized carbons (Fsp3) is 0.148. The molecule has 2 aromatic heterocycles. The normalized spacial score (nSPS) is 10.5. The van der Waals surface area contributed by atoms with Crippen LogP contribution in [0.15, 0.2) is 97.6 Å². The summed E-state index contributed by atoms with van der Waals surface area (Å²) in [6.07, 6.45) is 6.99. The van der Waals surface area contributed by atoms with E-state index in [2.05, 4.69) is 29.0 Å². The third kappa shape index (κ3) is 5.79. The van der Waals surface area contributed by atoms with E-state index >= 15 is 0 Å². The van der Waals surface area contributed by atoms with Gasteiger partial charge in [0.25, 0.3) is 5.91 Å². The summed E-state index contributed by atoms with van der Waals surface area (Å²) in [6.45, 7) is 3.45. The molecule has 32 heavy (non-hydrogen) atoms. The number of hydrogen-bond donors (Lipinski definition) is 0. The van der Waals surface area contributed by atoms with Gasteiger partial charge < -0.3 is 9.64 Å². The van der Waals surface area contributed by atoms with Gasteiger partial charge in [0, 0.05) is 43.4 Å². The van der Waals surface area contributed by atoms with Gasteiger partial charge in [-0.25, -0.2) is 0 Å². The molecular weight excluding hydrogens is 398 g/mol. The molecule has 0 fully saturated rings. The van der Waals surface area contributed by atoms with E-state index in [1.807, 2.05) is 59.5 Å². The number of rotatable bonds is 8. The highest BCUT2D eigenvalue weighted by Crippen LogP contribution is 2.19. The summed E-state index contributed by atoms with van der Waals surface area (Å²) in [5.74, 6) is 0.606. The molecule has 0 saturated heterocycles. The third-order valence-corrected chi connectivity index (χ3v) is 5.08. The molecule has 0 saturated carbocycles. The van der Waals surface area contributed by atoms with Crippen LogP contribution in [-0.4, -0.2) is 20.8 Å². The van der Waals surface area contributed by atoms with Gasteiger partial charge in [-0.1, -0.05) is 42.0 Å². The number of aryl methyl sites for hydroxylation is 1. The van der Waals surface area contributed by atoms with Crippen molar-refractivity contribution in [3.05, 3.63) is 125 Å². The molecule has 0 unspecified atom stereocenters. The quantitative estimate of drug-likeness (QED) is 0.391. The first-order valence-electron chi connectivity index (χ1n) is 10.5. The van der Waals surface area contributed by atoms with E-state index in [0.717, 1.165) is 16.7 Å². The molecule has 2 heterocycles. The van der Waals surface area contributed by atoms with Gasteiger partial charge in [-0.05, 0) is 60.0 Å². The van der Waals surface area contributed by atoms with E-state index in [-0.39, 0.29) is 5.91 Å². The van der Waals surface area contributed by atoms with Crippen LogP contribution in [0.5, 0.6) is 5.75 Å². The number of ether oxygens (including phenoxy) is 1. The van der Waals surface area contributed by atoms with Crippen LogP contribution < -0.4 is 4.74 Å². The number of hydrogen-bond acceptors (Lipinski definition) is 4.